The summed E-state index contributed by atoms with van der Waals surface area (Å²) in [5, 5.41) is 48.4. The third-order valence-electron chi connectivity index (χ3n) is 11.1. The van der Waals surface area contributed by atoms with Gasteiger partial charge in [0.05, 0.1) is 18.9 Å². The largest absolute Gasteiger partial charge is 0.481 e. The number of thioether (sulfide) groups is 1. The molecule has 0 aliphatic rings. The number of hydrogen-bond donors (Lipinski definition) is 15. The molecule has 0 saturated carbocycles. The first-order valence-electron chi connectivity index (χ1n) is 24.1. The van der Waals surface area contributed by atoms with Crippen LogP contribution in [0.25, 0.3) is 0 Å². The molecule has 0 unspecified atom stereocenters. The Kier molecular flexibility index (Phi) is 31.4. The van der Waals surface area contributed by atoms with Crippen LogP contribution >= 0.6 is 11.8 Å². The molecule has 0 aliphatic carbocycles. The van der Waals surface area contributed by atoms with E-state index in [-0.39, 0.29) is 62.9 Å². The zero-order valence-corrected chi connectivity index (χ0v) is 44.1. The molecule has 0 radical (unpaired) electrons. The molecular formula is C45H79N13O15S. The Morgan fingerprint density at radius 1 is 0.527 bits per heavy atom. The lowest BCUT2D eigenvalue weighted by atomic mass is 9.97. The molecule has 19 N–H and O–H groups in total. The lowest BCUT2D eigenvalue weighted by molar-refractivity contribution is -0.143. The van der Waals surface area contributed by atoms with E-state index in [2.05, 4.69) is 47.5 Å². The number of amides is 9. The second kappa shape index (κ2) is 34.6. The van der Waals surface area contributed by atoms with Gasteiger partial charge in [-0.1, -0.05) is 48.0 Å². The summed E-state index contributed by atoms with van der Waals surface area (Å²) in [7, 11) is 0. The van der Waals surface area contributed by atoms with Gasteiger partial charge in [-0.3, -0.25) is 57.7 Å². The van der Waals surface area contributed by atoms with Crippen molar-refractivity contribution >= 4 is 88.8 Å². The highest BCUT2D eigenvalue weighted by Gasteiger charge is 2.36. The topological polar surface area (TPSA) is 478 Å². The molecule has 29 heteroatoms. The minimum atomic E-state index is -1.94. The Morgan fingerprint density at radius 2 is 0.986 bits per heavy atom. The molecule has 0 spiro atoms. The van der Waals surface area contributed by atoms with Gasteiger partial charge in [-0.15, -0.1) is 0 Å². The molecule has 9 amide bonds. The number of primary amides is 1. The summed E-state index contributed by atoms with van der Waals surface area (Å²) < 4.78 is 0. The van der Waals surface area contributed by atoms with Crippen LogP contribution < -0.4 is 65.5 Å². The third-order valence-corrected chi connectivity index (χ3v) is 11.7. The number of carboxylic acid groups (broad SMARTS) is 3. The highest BCUT2D eigenvalue weighted by Crippen LogP contribution is 2.13. The molecule has 0 rings (SSSR count). The van der Waals surface area contributed by atoms with Gasteiger partial charge in [-0.25, -0.2) is 4.79 Å². The van der Waals surface area contributed by atoms with Crippen molar-refractivity contribution in [2.45, 2.75) is 167 Å². The van der Waals surface area contributed by atoms with E-state index in [9.17, 15) is 72.9 Å². The summed E-state index contributed by atoms with van der Waals surface area (Å²) in [6.07, 6.45) is -0.681. The highest BCUT2D eigenvalue weighted by molar-refractivity contribution is 7.98. The smallest absolute Gasteiger partial charge is 0.326 e. The summed E-state index contributed by atoms with van der Waals surface area (Å²) in [6, 6.07) is -13.2. The molecule has 0 aliphatic heterocycles. The number of hydrogen-bond acceptors (Lipinski definition) is 15. The van der Waals surface area contributed by atoms with E-state index in [0.717, 1.165) is 0 Å². The summed E-state index contributed by atoms with van der Waals surface area (Å²) in [5.41, 5.74) is 21.7. The lowest BCUT2D eigenvalue weighted by Crippen LogP contribution is -2.61. The average molecular weight is 1070 g/mol. The van der Waals surface area contributed by atoms with E-state index in [1.165, 1.54) is 18.7 Å². The van der Waals surface area contributed by atoms with E-state index in [4.69, 9.17) is 22.9 Å². The summed E-state index contributed by atoms with van der Waals surface area (Å²) in [5.74, 6) is -13.9. The molecule has 28 nitrogen and oxygen atoms in total. The van der Waals surface area contributed by atoms with E-state index >= 15 is 0 Å². The van der Waals surface area contributed by atoms with Crippen LogP contribution in [0.4, 0.5) is 0 Å². The first-order valence-corrected chi connectivity index (χ1v) is 25.5. The van der Waals surface area contributed by atoms with Gasteiger partial charge in [0.1, 0.15) is 48.3 Å². The van der Waals surface area contributed by atoms with Gasteiger partial charge in [0, 0.05) is 13.0 Å². The number of rotatable bonds is 37. The maximum Gasteiger partial charge on any atom is 0.326 e. The van der Waals surface area contributed by atoms with Crippen LogP contribution in [0.15, 0.2) is 4.99 Å². The van der Waals surface area contributed by atoms with Crippen LogP contribution in [-0.2, 0) is 57.5 Å². The highest BCUT2D eigenvalue weighted by atomic mass is 32.2. The lowest BCUT2D eigenvalue weighted by Gasteiger charge is -2.29. The molecule has 0 aromatic heterocycles. The maximum absolute atomic E-state index is 14.1. The van der Waals surface area contributed by atoms with E-state index in [0.29, 0.717) is 5.75 Å². The Hall–Kier alpha value is -6.78. The minimum Gasteiger partial charge on any atom is -0.481 e. The normalized spacial score (nSPS) is 15.1. The number of carbonyl (C=O) groups is 12. The van der Waals surface area contributed by atoms with Crippen LogP contribution in [0.5, 0.6) is 0 Å². The Morgan fingerprint density at radius 3 is 1.47 bits per heavy atom. The summed E-state index contributed by atoms with van der Waals surface area (Å²) >= 11 is 1.32. The molecule has 420 valence electrons. The zero-order valence-electron chi connectivity index (χ0n) is 43.3. The molecule has 0 heterocycles. The quantitative estimate of drug-likeness (QED) is 0.0163. The summed E-state index contributed by atoms with van der Waals surface area (Å²) in [4.78, 5) is 159. The van der Waals surface area contributed by atoms with Crippen molar-refractivity contribution in [2.75, 3.05) is 18.6 Å². The SMILES string of the molecule is CC[C@H](C)[C@H](NC(=O)[C@H](CC(=O)O)NC(=O)[C@H](CCC(=O)O)NC(=O)[C@H](C)NC(=O)[C@H](CC(C)C)NC(=O)[C@@H](N)CC(N)=O)C(=O)N[C@@H](CCSC)C(=O)N[C@@H](CCCN=C(N)N)C(=O)N[C@@H](CC(C)C)C(=O)O. The summed E-state index contributed by atoms with van der Waals surface area (Å²) in [6.45, 7) is 11.5. The fourth-order valence-corrected chi connectivity index (χ4v) is 7.36. The molecule has 0 fully saturated rings. The van der Waals surface area contributed by atoms with Crippen LogP contribution in [0, 0.1) is 17.8 Å². The number of nitrogens with one attached hydrogen (secondary N) is 8. The van der Waals surface area contributed by atoms with Crippen LogP contribution in [-0.4, -0.2) is 165 Å². The number of nitrogens with zero attached hydrogens (tertiary/aromatic N) is 1. The molecular weight excluding hydrogens is 995 g/mol. The van der Waals surface area contributed by atoms with Crippen molar-refractivity contribution in [1.29, 1.82) is 0 Å². The van der Waals surface area contributed by atoms with Gasteiger partial charge in [-0.2, -0.15) is 11.8 Å². The van der Waals surface area contributed by atoms with Crippen molar-refractivity contribution < 1.29 is 72.9 Å². The van der Waals surface area contributed by atoms with E-state index in [1.807, 2.05) is 0 Å². The molecule has 0 bridgehead atoms. The monoisotopic (exact) mass is 1070 g/mol. The van der Waals surface area contributed by atoms with E-state index < -0.39 is 157 Å². The maximum atomic E-state index is 14.1. The number of carbonyl (C=O) groups excluding carboxylic acids is 9. The Bertz CT molecular complexity index is 1990. The first kappa shape index (κ1) is 67.2. The van der Waals surface area contributed by atoms with Crippen LogP contribution in [0.1, 0.15) is 113 Å². The number of carboxylic acids is 3. The molecule has 0 aromatic rings. The second-order valence-corrected chi connectivity index (χ2v) is 19.6. The fourth-order valence-electron chi connectivity index (χ4n) is 6.89. The molecule has 74 heavy (non-hydrogen) atoms. The van der Waals surface area contributed by atoms with Gasteiger partial charge < -0.3 is 80.8 Å². The van der Waals surface area contributed by atoms with Gasteiger partial charge >= 0.3 is 17.9 Å². The van der Waals surface area contributed by atoms with Crippen molar-refractivity contribution in [2.24, 2.45) is 45.7 Å². The molecule has 0 aromatic carbocycles. The van der Waals surface area contributed by atoms with Crippen molar-refractivity contribution in [3.05, 3.63) is 0 Å². The molecule has 0 saturated heterocycles. The zero-order chi connectivity index (χ0) is 57.0. The molecule has 10 atom stereocenters. The van der Waals surface area contributed by atoms with Gasteiger partial charge in [-0.05, 0) is 75.2 Å². The predicted molar refractivity (Wildman–Crippen MR) is 271 cm³/mol. The average Bonchev–Trinajstić information content (AvgIpc) is 3.29. The number of aliphatic carboxylic acids is 3. The van der Waals surface area contributed by atoms with Crippen molar-refractivity contribution in [3.8, 4) is 0 Å². The minimum absolute atomic E-state index is 0.000989. The number of nitrogens with two attached hydrogens (primary N) is 4. The first-order chi connectivity index (χ1) is 34.4. The van der Waals surface area contributed by atoms with Gasteiger partial charge in [0.15, 0.2) is 5.96 Å². The van der Waals surface area contributed by atoms with E-state index in [1.54, 1.807) is 47.8 Å². The van der Waals surface area contributed by atoms with Crippen molar-refractivity contribution in [3.63, 3.8) is 0 Å². The number of aliphatic imine (C=N–C) groups is 1. The van der Waals surface area contributed by atoms with Gasteiger partial charge in [0.25, 0.3) is 0 Å². The Labute approximate surface area is 434 Å². The van der Waals surface area contributed by atoms with Crippen LogP contribution in [0.3, 0.4) is 0 Å². The fraction of sp³-hybridized carbons (Fsp3) is 0.711. The number of guanidine groups is 1. The van der Waals surface area contributed by atoms with Gasteiger partial charge in [0.2, 0.25) is 53.2 Å². The van der Waals surface area contributed by atoms with Crippen molar-refractivity contribution in [1.82, 2.24) is 42.5 Å². The third kappa shape index (κ3) is 27.3. The van der Waals surface area contributed by atoms with Crippen LogP contribution in [0.2, 0.25) is 0 Å². The second-order valence-electron chi connectivity index (χ2n) is 18.6. The predicted octanol–water partition coefficient (Wildman–Crippen LogP) is -3.54. The standard InChI is InChI=1S/C45H79N13O15S/c1-9-23(6)35(43(71)54-28(14-16-74-8)40(68)53-26(11-10-15-50-45(48)49)38(66)57-31(44(72)73)18-22(4)5)58-42(70)30(20-34(62)63)56-39(67)27(12-13-33(60)61)52-36(64)24(7)51-41(69)29(17-21(2)3)55-37(65)25(46)19-32(47)59/h21-31,35H,9-20,46H2,1-8H3,(H2,47,59)(H,51,69)(H,52,64)(H,53,68)(H,54,71)(H,55,65)(H,56,67)(H,57,66)(H,58,70)(H,60,61)(H,62,63)(H,72,73)(H4,48,49,50)/t23-,24-,25-,26-,27-,28-,29-,30-,31-,35-/m0/s1. The Balaban J connectivity index is 6.62.